The van der Waals surface area contributed by atoms with E-state index in [-0.39, 0.29) is 0 Å². The van der Waals surface area contributed by atoms with E-state index in [0.717, 1.165) is 12.3 Å². The normalized spacial score (nSPS) is 17.0. The Morgan fingerprint density at radius 3 is 2.38 bits per heavy atom. The zero-order valence-electron chi connectivity index (χ0n) is 10.4. The van der Waals surface area contributed by atoms with Crippen LogP contribution in [0.25, 0.3) is 0 Å². The Labute approximate surface area is 99.5 Å². The van der Waals surface area contributed by atoms with Gasteiger partial charge in [0.1, 0.15) is 0 Å². The Hall–Kier alpha value is -0.620. The molecule has 0 unspecified atom stereocenters. The molecule has 0 amide bonds. The first-order chi connectivity index (χ1) is 7.93. The molecule has 0 radical (unpaired) electrons. The summed E-state index contributed by atoms with van der Waals surface area (Å²) in [6.07, 6.45) is 16.7. The summed E-state index contributed by atoms with van der Waals surface area (Å²) in [6.45, 7) is 0.673. The molecule has 0 atom stereocenters. The molecule has 92 valence electrons. The van der Waals surface area contributed by atoms with Crippen LogP contribution in [0, 0.1) is 5.92 Å². The molecule has 0 heterocycles. The second-order valence-corrected chi connectivity index (χ2v) is 5.03. The van der Waals surface area contributed by atoms with E-state index in [4.69, 9.17) is 0 Å². The van der Waals surface area contributed by atoms with Gasteiger partial charge in [0.2, 0.25) is 6.08 Å². The van der Waals surface area contributed by atoms with Crippen molar-refractivity contribution in [3.05, 3.63) is 0 Å². The fraction of sp³-hybridized carbons (Fsp3) is 0.929. The Morgan fingerprint density at radius 1 is 0.938 bits per heavy atom. The third-order valence-electron chi connectivity index (χ3n) is 3.67. The summed E-state index contributed by atoms with van der Waals surface area (Å²) in [4.78, 5) is 13.4. The highest BCUT2D eigenvalue weighted by atomic mass is 16.1. The average molecular weight is 223 g/mol. The van der Waals surface area contributed by atoms with Crippen molar-refractivity contribution in [2.75, 3.05) is 6.54 Å². The smallest absolute Gasteiger partial charge is 0.211 e. The molecule has 0 N–H and O–H groups in total. The molecule has 0 aromatic heterocycles. The van der Waals surface area contributed by atoms with Gasteiger partial charge in [0.05, 0.1) is 6.54 Å². The van der Waals surface area contributed by atoms with Gasteiger partial charge in [-0.1, -0.05) is 64.2 Å². The lowest BCUT2D eigenvalue weighted by molar-refractivity contribution is 0.328. The number of aliphatic imine (C=N–C) groups is 1. The van der Waals surface area contributed by atoms with Gasteiger partial charge in [0.15, 0.2) is 0 Å². The number of carbonyl (C=O) groups excluding carboxylic acids is 1. The molecule has 0 aromatic rings. The molecular weight excluding hydrogens is 198 g/mol. The summed E-state index contributed by atoms with van der Waals surface area (Å²) in [5, 5.41) is 0. The maximum atomic E-state index is 9.82. The van der Waals surface area contributed by atoms with Crippen molar-refractivity contribution >= 4 is 6.08 Å². The van der Waals surface area contributed by atoms with Crippen molar-refractivity contribution in [3.63, 3.8) is 0 Å². The molecule has 0 aromatic carbocycles. The second-order valence-electron chi connectivity index (χ2n) is 5.03. The lowest BCUT2D eigenvalue weighted by Gasteiger charge is -2.21. The van der Waals surface area contributed by atoms with Crippen LogP contribution in [0.15, 0.2) is 4.99 Å². The molecule has 1 aliphatic carbocycles. The summed E-state index contributed by atoms with van der Waals surface area (Å²) in [5.74, 6) is 1.04. The van der Waals surface area contributed by atoms with E-state index in [9.17, 15) is 4.79 Å². The van der Waals surface area contributed by atoms with Gasteiger partial charge in [-0.05, 0) is 12.3 Å². The molecule has 2 heteroatoms. The van der Waals surface area contributed by atoms with Crippen LogP contribution in [0.3, 0.4) is 0 Å². The van der Waals surface area contributed by atoms with Gasteiger partial charge in [0.25, 0.3) is 0 Å². The molecule has 0 bridgehead atoms. The topological polar surface area (TPSA) is 29.4 Å². The van der Waals surface area contributed by atoms with Crippen molar-refractivity contribution in [1.29, 1.82) is 0 Å². The summed E-state index contributed by atoms with van der Waals surface area (Å²) < 4.78 is 0. The quantitative estimate of drug-likeness (QED) is 0.344. The van der Waals surface area contributed by atoms with Crippen LogP contribution in [-0.4, -0.2) is 12.6 Å². The standard InChI is InChI=1S/C14H25NO/c16-13-15-12-8-3-1-2-5-9-14-10-6-4-7-11-14/h14H,1-12H2. The summed E-state index contributed by atoms with van der Waals surface area (Å²) in [6, 6.07) is 0. The number of hydrogen-bond donors (Lipinski definition) is 0. The Balaban J connectivity index is 1.82. The fourth-order valence-electron chi connectivity index (χ4n) is 2.68. The van der Waals surface area contributed by atoms with Gasteiger partial charge in [-0.2, -0.15) is 0 Å². The molecule has 2 nitrogen and oxygen atoms in total. The van der Waals surface area contributed by atoms with E-state index in [1.54, 1.807) is 6.08 Å². The lowest BCUT2D eigenvalue weighted by Crippen LogP contribution is -2.05. The Morgan fingerprint density at radius 2 is 1.62 bits per heavy atom. The van der Waals surface area contributed by atoms with Crippen molar-refractivity contribution in [1.82, 2.24) is 0 Å². The molecule has 0 aliphatic heterocycles. The van der Waals surface area contributed by atoms with E-state index in [1.807, 2.05) is 0 Å². The zero-order chi connectivity index (χ0) is 11.5. The van der Waals surface area contributed by atoms with Crippen LogP contribution in [0.5, 0.6) is 0 Å². The number of isocyanates is 1. The van der Waals surface area contributed by atoms with Crippen LogP contribution >= 0.6 is 0 Å². The van der Waals surface area contributed by atoms with Crippen LogP contribution in [0.4, 0.5) is 0 Å². The monoisotopic (exact) mass is 223 g/mol. The van der Waals surface area contributed by atoms with Gasteiger partial charge >= 0.3 is 0 Å². The summed E-state index contributed by atoms with van der Waals surface area (Å²) in [7, 11) is 0. The maximum Gasteiger partial charge on any atom is 0.234 e. The Bertz CT molecular complexity index is 203. The minimum Gasteiger partial charge on any atom is -0.211 e. The first kappa shape index (κ1) is 13.4. The number of unbranched alkanes of at least 4 members (excludes halogenated alkanes) is 4. The van der Waals surface area contributed by atoms with Gasteiger partial charge in [0, 0.05) is 0 Å². The van der Waals surface area contributed by atoms with Gasteiger partial charge in [-0.15, -0.1) is 0 Å². The lowest BCUT2D eigenvalue weighted by atomic mass is 9.85. The van der Waals surface area contributed by atoms with E-state index >= 15 is 0 Å². The molecular formula is C14H25NO. The highest BCUT2D eigenvalue weighted by molar-refractivity contribution is 5.32. The van der Waals surface area contributed by atoms with Gasteiger partial charge < -0.3 is 0 Å². The van der Waals surface area contributed by atoms with Crippen molar-refractivity contribution in [2.24, 2.45) is 10.9 Å². The average Bonchev–Trinajstić information content (AvgIpc) is 2.34. The molecule has 1 aliphatic rings. The molecule has 1 fully saturated rings. The highest BCUT2D eigenvalue weighted by Crippen LogP contribution is 2.27. The second kappa shape index (κ2) is 9.59. The van der Waals surface area contributed by atoms with Crippen LogP contribution in [0.1, 0.15) is 70.6 Å². The van der Waals surface area contributed by atoms with Crippen molar-refractivity contribution in [2.45, 2.75) is 70.6 Å². The first-order valence-corrected chi connectivity index (χ1v) is 6.97. The molecule has 1 saturated carbocycles. The van der Waals surface area contributed by atoms with E-state index in [0.29, 0.717) is 6.54 Å². The maximum absolute atomic E-state index is 9.82. The predicted molar refractivity (Wildman–Crippen MR) is 67.3 cm³/mol. The third-order valence-corrected chi connectivity index (χ3v) is 3.67. The minimum absolute atomic E-state index is 0.673. The minimum atomic E-state index is 0.673. The largest absolute Gasteiger partial charge is 0.234 e. The van der Waals surface area contributed by atoms with E-state index in [1.165, 1.54) is 64.2 Å². The summed E-state index contributed by atoms with van der Waals surface area (Å²) in [5.41, 5.74) is 0. The van der Waals surface area contributed by atoms with Crippen LogP contribution in [0.2, 0.25) is 0 Å². The molecule has 0 spiro atoms. The molecule has 1 rings (SSSR count). The SMILES string of the molecule is O=C=NCCCCCCCC1CCCCC1. The van der Waals surface area contributed by atoms with Crippen LogP contribution < -0.4 is 0 Å². The zero-order valence-corrected chi connectivity index (χ0v) is 10.4. The summed E-state index contributed by atoms with van der Waals surface area (Å²) >= 11 is 0. The number of hydrogen-bond acceptors (Lipinski definition) is 2. The number of nitrogens with zero attached hydrogens (tertiary/aromatic N) is 1. The third kappa shape index (κ3) is 6.79. The predicted octanol–water partition coefficient (Wildman–Crippen LogP) is 4.24. The molecule has 16 heavy (non-hydrogen) atoms. The van der Waals surface area contributed by atoms with E-state index < -0.39 is 0 Å². The van der Waals surface area contributed by atoms with Crippen molar-refractivity contribution in [3.8, 4) is 0 Å². The highest BCUT2D eigenvalue weighted by Gasteiger charge is 2.12. The fourth-order valence-corrected chi connectivity index (χ4v) is 2.68. The first-order valence-electron chi connectivity index (χ1n) is 6.97. The van der Waals surface area contributed by atoms with Gasteiger partial charge in [-0.25, -0.2) is 9.79 Å². The van der Waals surface area contributed by atoms with E-state index in [2.05, 4.69) is 4.99 Å². The van der Waals surface area contributed by atoms with Crippen molar-refractivity contribution < 1.29 is 4.79 Å². The molecule has 0 saturated heterocycles. The number of rotatable bonds is 8. The Kier molecular flexibility index (Phi) is 8.06. The van der Waals surface area contributed by atoms with Gasteiger partial charge in [-0.3, -0.25) is 0 Å². The van der Waals surface area contributed by atoms with Crippen LogP contribution in [-0.2, 0) is 4.79 Å².